The van der Waals surface area contributed by atoms with E-state index in [9.17, 15) is 4.79 Å². The quantitative estimate of drug-likeness (QED) is 0.765. The Kier molecular flexibility index (Phi) is 6.06. The lowest BCUT2D eigenvalue weighted by atomic mass is 9.78. The number of nitrogens with zero attached hydrogens (tertiary/aromatic N) is 1. The van der Waals surface area contributed by atoms with Gasteiger partial charge in [0.05, 0.1) is 6.61 Å². The Morgan fingerprint density at radius 3 is 2.67 bits per heavy atom. The summed E-state index contributed by atoms with van der Waals surface area (Å²) in [4.78, 5) is 14.9. The van der Waals surface area contributed by atoms with Gasteiger partial charge in [0.25, 0.3) is 0 Å². The lowest BCUT2D eigenvalue weighted by Gasteiger charge is -2.47. The number of nitrogens with one attached hydrogen (secondary N) is 1. The van der Waals surface area contributed by atoms with E-state index in [0.717, 1.165) is 25.6 Å². The number of esters is 1. The van der Waals surface area contributed by atoms with Crippen molar-refractivity contribution in [3.63, 3.8) is 0 Å². The Hall–Kier alpha value is -0.610. The van der Waals surface area contributed by atoms with E-state index in [-0.39, 0.29) is 5.97 Å². The summed E-state index contributed by atoms with van der Waals surface area (Å²) in [6.07, 6.45) is 8.05. The van der Waals surface area contributed by atoms with Crippen LogP contribution < -0.4 is 5.32 Å². The molecule has 1 aliphatic heterocycles. The molecule has 0 amide bonds. The Morgan fingerprint density at radius 2 is 1.95 bits per heavy atom. The molecule has 4 heteroatoms. The van der Waals surface area contributed by atoms with Gasteiger partial charge in [0.15, 0.2) is 0 Å². The first-order chi connectivity index (χ1) is 10.1. The van der Waals surface area contributed by atoms with Crippen LogP contribution in [0.5, 0.6) is 0 Å². The molecule has 0 radical (unpaired) electrons. The van der Waals surface area contributed by atoms with Gasteiger partial charge in [0.1, 0.15) is 5.54 Å². The van der Waals surface area contributed by atoms with Crippen LogP contribution in [-0.2, 0) is 9.53 Å². The summed E-state index contributed by atoms with van der Waals surface area (Å²) in [5.74, 6) is 0.741. The number of hydrogen-bond acceptors (Lipinski definition) is 4. The minimum Gasteiger partial charge on any atom is -0.465 e. The van der Waals surface area contributed by atoms with Crippen molar-refractivity contribution in [3.8, 4) is 0 Å². The first-order valence-electron chi connectivity index (χ1n) is 8.77. The highest BCUT2D eigenvalue weighted by Crippen LogP contribution is 2.35. The van der Waals surface area contributed by atoms with Crippen LogP contribution in [0.15, 0.2) is 0 Å². The van der Waals surface area contributed by atoms with Crippen LogP contribution in [0.1, 0.15) is 59.3 Å². The fourth-order valence-electron chi connectivity index (χ4n) is 4.20. The van der Waals surface area contributed by atoms with E-state index in [4.69, 9.17) is 4.74 Å². The second-order valence-corrected chi connectivity index (χ2v) is 6.81. The van der Waals surface area contributed by atoms with E-state index in [1.54, 1.807) is 0 Å². The van der Waals surface area contributed by atoms with Crippen molar-refractivity contribution in [1.82, 2.24) is 10.2 Å². The molecule has 2 rings (SSSR count). The molecule has 0 aromatic heterocycles. The molecule has 21 heavy (non-hydrogen) atoms. The van der Waals surface area contributed by atoms with Crippen LogP contribution in [0.3, 0.4) is 0 Å². The van der Waals surface area contributed by atoms with E-state index < -0.39 is 5.54 Å². The first-order valence-corrected chi connectivity index (χ1v) is 8.77. The fraction of sp³-hybridized carbons (Fsp3) is 0.941. The smallest absolute Gasteiger partial charge is 0.327 e. The number of hydrogen-bond donors (Lipinski definition) is 1. The average molecular weight is 296 g/mol. The van der Waals surface area contributed by atoms with Crippen molar-refractivity contribution in [3.05, 3.63) is 0 Å². The third-order valence-corrected chi connectivity index (χ3v) is 5.17. The normalized spacial score (nSPS) is 29.5. The number of piperidine rings is 1. The first kappa shape index (κ1) is 16.8. The van der Waals surface area contributed by atoms with Crippen LogP contribution >= 0.6 is 0 Å². The monoisotopic (exact) mass is 296 g/mol. The molecule has 1 saturated heterocycles. The zero-order valence-electron chi connectivity index (χ0n) is 14.0. The minimum absolute atomic E-state index is 0.107. The molecule has 0 spiro atoms. The van der Waals surface area contributed by atoms with Gasteiger partial charge < -0.3 is 10.1 Å². The summed E-state index contributed by atoms with van der Waals surface area (Å²) in [5.41, 5.74) is -0.579. The van der Waals surface area contributed by atoms with Crippen molar-refractivity contribution < 1.29 is 9.53 Å². The molecule has 0 aromatic carbocycles. The number of carbonyl (C=O) groups excluding carboxylic acids is 1. The van der Waals surface area contributed by atoms with E-state index in [1.165, 1.54) is 38.5 Å². The van der Waals surface area contributed by atoms with Crippen LogP contribution in [0.4, 0.5) is 0 Å². The minimum atomic E-state index is -0.579. The number of likely N-dealkylation sites (N-methyl/N-ethyl adjacent to an activating group) is 1. The predicted octanol–water partition coefficient (Wildman–Crippen LogP) is 2.57. The molecule has 3 unspecified atom stereocenters. The number of likely N-dealkylation sites (tertiary alicyclic amines) is 1. The van der Waals surface area contributed by atoms with Crippen molar-refractivity contribution in [1.29, 1.82) is 0 Å². The summed E-state index contributed by atoms with van der Waals surface area (Å²) < 4.78 is 5.31. The van der Waals surface area contributed by atoms with Gasteiger partial charge in [-0.25, -0.2) is 0 Å². The lowest BCUT2D eigenvalue weighted by Crippen LogP contribution is -2.61. The van der Waals surface area contributed by atoms with Gasteiger partial charge in [-0.05, 0) is 58.5 Å². The Balaban J connectivity index is 2.05. The average Bonchev–Trinajstić information content (AvgIpc) is 2.48. The second kappa shape index (κ2) is 7.59. The van der Waals surface area contributed by atoms with E-state index >= 15 is 0 Å². The largest absolute Gasteiger partial charge is 0.465 e. The molecule has 2 aliphatic rings. The SMILES string of the molecule is CCNC(C)(CN1CCCC2CCCCC21)C(=O)OCC. The number of carbonyl (C=O) groups is 1. The molecule has 1 heterocycles. The van der Waals surface area contributed by atoms with Gasteiger partial charge >= 0.3 is 5.97 Å². The highest BCUT2D eigenvalue weighted by atomic mass is 16.5. The van der Waals surface area contributed by atoms with E-state index in [0.29, 0.717) is 12.6 Å². The van der Waals surface area contributed by atoms with Crippen LogP contribution in [0.2, 0.25) is 0 Å². The number of fused-ring (bicyclic) bond motifs is 1. The number of ether oxygens (including phenoxy) is 1. The topological polar surface area (TPSA) is 41.6 Å². The third-order valence-electron chi connectivity index (χ3n) is 5.17. The molecule has 2 fully saturated rings. The molecule has 3 atom stereocenters. The van der Waals surface area contributed by atoms with Crippen LogP contribution in [-0.4, -0.2) is 48.7 Å². The van der Waals surface area contributed by atoms with Gasteiger partial charge in [0.2, 0.25) is 0 Å². The molecular weight excluding hydrogens is 264 g/mol. The highest BCUT2D eigenvalue weighted by molar-refractivity contribution is 5.80. The fourth-order valence-corrected chi connectivity index (χ4v) is 4.20. The second-order valence-electron chi connectivity index (χ2n) is 6.81. The van der Waals surface area contributed by atoms with E-state index in [1.807, 2.05) is 13.8 Å². The van der Waals surface area contributed by atoms with Gasteiger partial charge in [0, 0.05) is 12.6 Å². The summed E-state index contributed by atoms with van der Waals surface area (Å²) in [6.45, 7) is 9.08. The molecule has 1 aliphatic carbocycles. The maximum absolute atomic E-state index is 12.4. The van der Waals surface area contributed by atoms with Gasteiger partial charge in [-0.15, -0.1) is 0 Å². The van der Waals surface area contributed by atoms with Gasteiger partial charge in [-0.2, -0.15) is 0 Å². The molecular formula is C17H32N2O2. The van der Waals surface area contributed by atoms with Crippen molar-refractivity contribution in [2.24, 2.45) is 5.92 Å². The third kappa shape index (κ3) is 3.98. The van der Waals surface area contributed by atoms with E-state index in [2.05, 4.69) is 17.1 Å². The van der Waals surface area contributed by atoms with Crippen LogP contribution in [0.25, 0.3) is 0 Å². The summed E-state index contributed by atoms with van der Waals surface area (Å²) >= 11 is 0. The maximum atomic E-state index is 12.4. The van der Waals surface area contributed by atoms with Gasteiger partial charge in [-0.1, -0.05) is 19.8 Å². The standard InChI is InChI=1S/C17H32N2O2/c1-4-18-17(3,16(20)21-5-2)13-19-12-8-10-14-9-6-7-11-15(14)19/h14-15,18H,4-13H2,1-3H3. The summed E-state index contributed by atoms with van der Waals surface area (Å²) in [5, 5.41) is 3.37. The zero-order chi connectivity index (χ0) is 15.3. The molecule has 0 aromatic rings. The number of rotatable bonds is 6. The maximum Gasteiger partial charge on any atom is 0.327 e. The molecule has 122 valence electrons. The molecule has 1 N–H and O–H groups in total. The molecule has 4 nitrogen and oxygen atoms in total. The predicted molar refractivity (Wildman–Crippen MR) is 85.3 cm³/mol. The summed E-state index contributed by atoms with van der Waals surface area (Å²) in [7, 11) is 0. The lowest BCUT2D eigenvalue weighted by molar-refractivity contribution is -0.152. The Labute approximate surface area is 129 Å². The summed E-state index contributed by atoms with van der Waals surface area (Å²) in [6, 6.07) is 0.680. The van der Waals surface area contributed by atoms with Crippen molar-refractivity contribution in [2.45, 2.75) is 70.9 Å². The zero-order valence-corrected chi connectivity index (χ0v) is 14.0. The molecule has 0 bridgehead atoms. The van der Waals surface area contributed by atoms with Gasteiger partial charge in [-0.3, -0.25) is 9.69 Å². The van der Waals surface area contributed by atoms with Crippen molar-refractivity contribution in [2.75, 3.05) is 26.2 Å². The highest BCUT2D eigenvalue weighted by Gasteiger charge is 2.41. The van der Waals surface area contributed by atoms with Crippen LogP contribution in [0, 0.1) is 5.92 Å². The Morgan fingerprint density at radius 1 is 1.24 bits per heavy atom. The van der Waals surface area contributed by atoms with Crippen molar-refractivity contribution >= 4 is 5.97 Å². The Bertz CT molecular complexity index is 346. The molecule has 1 saturated carbocycles.